The van der Waals surface area contributed by atoms with E-state index >= 15 is 0 Å². The molecule has 0 fully saturated rings. The standard InChI is InChI=1S/C35H30N4O13S4/c1-19-17-23(53(43,44)38-33-29(55(47,48)49)15-9-21-5-3-7-27(40)31(21)33)11-13-25(19)36-35(42)37-26-14-12-24(18-20(26)2)54(45,46)39-34-30(56(50,51)52)16-10-22-6-4-8-28(41)32(22)34/h3-18,38-41H,1-2H3,(H2,36,37,42)(H,47,48,49)(H,50,51,52). The number of urea groups is 1. The molecule has 0 heterocycles. The Labute approximate surface area is 320 Å². The van der Waals surface area contributed by atoms with Crippen molar-refractivity contribution in [3.63, 3.8) is 0 Å². The number of amides is 2. The first-order chi connectivity index (χ1) is 26.1. The Balaban J connectivity index is 1.21. The van der Waals surface area contributed by atoms with Gasteiger partial charge in [-0.15, -0.1) is 0 Å². The number of aromatic hydroxyl groups is 2. The number of nitrogens with one attached hydrogen (secondary N) is 4. The zero-order valence-corrected chi connectivity index (χ0v) is 32.1. The lowest BCUT2D eigenvalue weighted by atomic mass is 10.1. The van der Waals surface area contributed by atoms with E-state index in [4.69, 9.17) is 0 Å². The molecule has 8 N–H and O–H groups in total. The molecule has 0 aromatic heterocycles. The third kappa shape index (κ3) is 7.89. The lowest BCUT2D eigenvalue weighted by molar-refractivity contribution is 0.262. The molecule has 6 aromatic carbocycles. The van der Waals surface area contributed by atoms with Crippen molar-refractivity contribution in [1.82, 2.24) is 0 Å². The van der Waals surface area contributed by atoms with Gasteiger partial charge in [0.15, 0.2) is 0 Å². The Morgan fingerprint density at radius 3 is 1.23 bits per heavy atom. The van der Waals surface area contributed by atoms with Crippen molar-refractivity contribution in [2.45, 2.75) is 33.4 Å². The molecule has 0 aliphatic rings. The van der Waals surface area contributed by atoms with Gasteiger partial charge in [-0.25, -0.2) is 21.6 Å². The average molecular weight is 843 g/mol. The summed E-state index contributed by atoms with van der Waals surface area (Å²) in [5.41, 5.74) is -0.376. The van der Waals surface area contributed by atoms with E-state index in [-0.39, 0.29) is 53.8 Å². The zero-order chi connectivity index (χ0) is 41.0. The quantitative estimate of drug-likeness (QED) is 0.0763. The second-order valence-corrected chi connectivity index (χ2v) is 18.5. The van der Waals surface area contributed by atoms with E-state index in [0.29, 0.717) is 0 Å². The number of phenols is 2. The summed E-state index contributed by atoms with van der Waals surface area (Å²) < 4.78 is 126. The molecule has 56 heavy (non-hydrogen) atoms. The average Bonchev–Trinajstić information content (AvgIpc) is 3.09. The Hall–Kier alpha value is -5.97. The van der Waals surface area contributed by atoms with E-state index in [0.717, 1.165) is 24.3 Å². The van der Waals surface area contributed by atoms with Crippen LogP contribution >= 0.6 is 0 Å². The highest BCUT2D eigenvalue weighted by molar-refractivity contribution is 7.93. The van der Waals surface area contributed by atoms with Crippen molar-refractivity contribution in [2.24, 2.45) is 0 Å². The Bertz CT molecular complexity index is 2880. The molecule has 0 aliphatic heterocycles. The number of benzene rings is 6. The van der Waals surface area contributed by atoms with Crippen LogP contribution in [-0.2, 0) is 40.3 Å². The summed E-state index contributed by atoms with van der Waals surface area (Å²) >= 11 is 0. The van der Waals surface area contributed by atoms with Gasteiger partial charge in [-0.05, 0) is 96.4 Å². The number of hydrogen-bond donors (Lipinski definition) is 8. The minimum atomic E-state index is -4.95. The third-order valence-electron chi connectivity index (χ3n) is 8.51. The first kappa shape index (κ1) is 39.7. The number of fused-ring (bicyclic) bond motifs is 2. The van der Waals surface area contributed by atoms with Crippen molar-refractivity contribution >= 4 is 90.6 Å². The molecule has 0 spiro atoms. The second kappa shape index (κ2) is 14.3. The summed E-state index contributed by atoms with van der Waals surface area (Å²) in [5.74, 6) is -0.904. The summed E-state index contributed by atoms with van der Waals surface area (Å²) in [6, 6.07) is 19.2. The molecule has 21 heteroatoms. The van der Waals surface area contributed by atoms with Gasteiger partial charge in [0.05, 0.1) is 21.2 Å². The highest BCUT2D eigenvalue weighted by atomic mass is 32.2. The zero-order valence-electron chi connectivity index (χ0n) is 28.8. The molecule has 0 unspecified atom stereocenters. The molecular formula is C35H30N4O13S4. The fraction of sp³-hybridized carbons (Fsp3) is 0.0571. The molecule has 2 amide bonds. The van der Waals surface area contributed by atoms with Crippen molar-refractivity contribution in [3.05, 3.63) is 108 Å². The molecule has 6 rings (SSSR count). The van der Waals surface area contributed by atoms with Crippen molar-refractivity contribution in [1.29, 1.82) is 0 Å². The van der Waals surface area contributed by atoms with Crippen LogP contribution in [-0.4, -0.2) is 59.0 Å². The monoisotopic (exact) mass is 842 g/mol. The maximum Gasteiger partial charge on any atom is 0.323 e. The first-order valence-electron chi connectivity index (χ1n) is 15.9. The molecule has 0 aliphatic carbocycles. The number of carbonyl (C=O) groups is 1. The van der Waals surface area contributed by atoms with Crippen LogP contribution < -0.4 is 20.1 Å². The number of phenolic OH excluding ortho intramolecular Hbond substituents is 2. The van der Waals surface area contributed by atoms with E-state index in [1.807, 2.05) is 0 Å². The van der Waals surface area contributed by atoms with E-state index in [1.54, 1.807) is 0 Å². The lowest BCUT2D eigenvalue weighted by Gasteiger charge is -2.17. The number of hydrogen-bond acceptors (Lipinski definition) is 11. The van der Waals surface area contributed by atoms with E-state index in [1.165, 1.54) is 86.6 Å². The summed E-state index contributed by atoms with van der Waals surface area (Å²) in [6.07, 6.45) is 0. The van der Waals surface area contributed by atoms with Crippen LogP contribution in [0.25, 0.3) is 21.5 Å². The number of carbonyl (C=O) groups excluding carboxylic acids is 1. The van der Waals surface area contributed by atoms with Gasteiger partial charge < -0.3 is 20.8 Å². The fourth-order valence-electron chi connectivity index (χ4n) is 5.86. The number of aryl methyl sites for hydroxylation is 2. The predicted molar refractivity (Wildman–Crippen MR) is 207 cm³/mol. The molecule has 17 nitrogen and oxygen atoms in total. The van der Waals surface area contributed by atoms with Crippen LogP contribution in [0.4, 0.5) is 27.5 Å². The Kier molecular flexibility index (Phi) is 10.1. The van der Waals surface area contributed by atoms with Gasteiger partial charge in [-0.3, -0.25) is 18.5 Å². The summed E-state index contributed by atoms with van der Waals surface area (Å²) in [6.45, 7) is 2.95. The summed E-state index contributed by atoms with van der Waals surface area (Å²) in [4.78, 5) is 10.7. The largest absolute Gasteiger partial charge is 0.507 e. The molecule has 0 radical (unpaired) electrons. The second-order valence-electron chi connectivity index (χ2n) is 12.3. The van der Waals surface area contributed by atoms with Crippen LogP contribution in [0.1, 0.15) is 11.1 Å². The fourth-order valence-corrected chi connectivity index (χ4v) is 9.65. The first-order valence-corrected chi connectivity index (χ1v) is 21.7. The maximum absolute atomic E-state index is 13.5. The smallest absolute Gasteiger partial charge is 0.323 e. The number of sulfonamides is 2. The van der Waals surface area contributed by atoms with Gasteiger partial charge in [-0.1, -0.05) is 36.4 Å². The molecule has 6 aromatic rings. The highest BCUT2D eigenvalue weighted by Crippen LogP contribution is 2.39. The highest BCUT2D eigenvalue weighted by Gasteiger charge is 2.27. The molecule has 0 bridgehead atoms. The van der Waals surface area contributed by atoms with Gasteiger partial charge in [0.1, 0.15) is 21.3 Å². The van der Waals surface area contributed by atoms with Crippen LogP contribution in [0.5, 0.6) is 11.5 Å². The van der Waals surface area contributed by atoms with Gasteiger partial charge in [0.25, 0.3) is 40.3 Å². The van der Waals surface area contributed by atoms with Crippen LogP contribution in [0, 0.1) is 13.8 Å². The van der Waals surface area contributed by atoms with Crippen molar-refractivity contribution in [2.75, 3.05) is 20.1 Å². The number of rotatable bonds is 10. The summed E-state index contributed by atoms with van der Waals surface area (Å²) in [5, 5.41) is 26.2. The Morgan fingerprint density at radius 1 is 0.518 bits per heavy atom. The third-order valence-corrected chi connectivity index (χ3v) is 13.0. The van der Waals surface area contributed by atoms with Crippen LogP contribution in [0.15, 0.2) is 117 Å². The number of anilines is 4. The van der Waals surface area contributed by atoms with Crippen LogP contribution in [0.3, 0.4) is 0 Å². The van der Waals surface area contributed by atoms with E-state index < -0.39 is 79.0 Å². The van der Waals surface area contributed by atoms with Gasteiger partial charge in [0, 0.05) is 22.1 Å². The normalized spacial score (nSPS) is 12.4. The lowest BCUT2D eigenvalue weighted by Crippen LogP contribution is -2.21. The predicted octanol–water partition coefficient (Wildman–Crippen LogP) is 5.76. The maximum atomic E-state index is 13.5. The van der Waals surface area contributed by atoms with Crippen LogP contribution in [0.2, 0.25) is 0 Å². The van der Waals surface area contributed by atoms with E-state index in [2.05, 4.69) is 20.1 Å². The van der Waals surface area contributed by atoms with Gasteiger partial charge in [0.2, 0.25) is 0 Å². The molecule has 292 valence electrons. The molecular weight excluding hydrogens is 813 g/mol. The van der Waals surface area contributed by atoms with Crippen molar-refractivity contribution < 1.29 is 57.8 Å². The minimum Gasteiger partial charge on any atom is -0.507 e. The van der Waals surface area contributed by atoms with Gasteiger partial charge in [-0.2, -0.15) is 16.8 Å². The molecule has 0 saturated heterocycles. The molecule has 0 saturated carbocycles. The van der Waals surface area contributed by atoms with E-state index in [9.17, 15) is 57.8 Å². The SMILES string of the molecule is Cc1cc(S(=O)(=O)Nc2c(S(=O)(=O)O)ccc3cccc(O)c23)ccc1NC(=O)Nc1ccc(S(=O)(=O)Nc2c(S(=O)(=O)O)ccc3cccc(O)c23)cc1C. The van der Waals surface area contributed by atoms with Gasteiger partial charge >= 0.3 is 6.03 Å². The van der Waals surface area contributed by atoms with Crippen molar-refractivity contribution in [3.8, 4) is 11.5 Å². The minimum absolute atomic E-state index is 0.150. The Morgan fingerprint density at radius 2 is 0.893 bits per heavy atom. The molecule has 0 atom stereocenters. The summed E-state index contributed by atoms with van der Waals surface area (Å²) in [7, 11) is -19.0. The topological polar surface area (TPSA) is 283 Å².